The van der Waals surface area contributed by atoms with Gasteiger partial charge in [0.25, 0.3) is 0 Å². The first-order valence-electron chi connectivity index (χ1n) is 8.77. The SMILES string of the molecule is CC(C)=CCC/C(C)=C/CC[C@@]1(C)O[C@@H]1CC/C(=C\CO)CO. The van der Waals surface area contributed by atoms with Crippen LogP contribution in [0.25, 0.3) is 0 Å². The van der Waals surface area contributed by atoms with Gasteiger partial charge in [-0.05, 0) is 71.8 Å². The fourth-order valence-corrected chi connectivity index (χ4v) is 2.86. The third-order valence-electron chi connectivity index (χ3n) is 4.57. The Labute approximate surface area is 141 Å². The Morgan fingerprint density at radius 1 is 1.04 bits per heavy atom. The molecule has 3 heteroatoms. The van der Waals surface area contributed by atoms with Crippen molar-refractivity contribution >= 4 is 0 Å². The molecule has 3 nitrogen and oxygen atoms in total. The Bertz CT molecular complexity index is 444. The van der Waals surface area contributed by atoms with Crippen LogP contribution in [0.15, 0.2) is 34.9 Å². The molecule has 1 fully saturated rings. The Hall–Kier alpha value is -0.900. The van der Waals surface area contributed by atoms with Gasteiger partial charge < -0.3 is 14.9 Å². The van der Waals surface area contributed by atoms with Gasteiger partial charge in [-0.1, -0.05) is 29.4 Å². The topological polar surface area (TPSA) is 53.0 Å². The summed E-state index contributed by atoms with van der Waals surface area (Å²) in [5, 5.41) is 18.1. The standard InChI is InChI=1S/C20H34O3/c1-16(2)7-5-8-17(3)9-6-13-20(4)19(23-20)11-10-18(15-22)12-14-21/h7,9,12,19,21-22H,5-6,8,10-11,13-15H2,1-4H3/b17-9+,18-12+/t19-,20-/m1/s1. The molecule has 1 heterocycles. The molecule has 0 aliphatic carbocycles. The summed E-state index contributed by atoms with van der Waals surface area (Å²) in [7, 11) is 0. The second-order valence-corrected chi connectivity index (χ2v) is 7.07. The number of aliphatic hydroxyl groups is 2. The summed E-state index contributed by atoms with van der Waals surface area (Å²) in [6, 6.07) is 0. The van der Waals surface area contributed by atoms with Crippen molar-refractivity contribution in [3.8, 4) is 0 Å². The van der Waals surface area contributed by atoms with Crippen LogP contribution >= 0.6 is 0 Å². The van der Waals surface area contributed by atoms with Crippen molar-refractivity contribution in [1.82, 2.24) is 0 Å². The highest BCUT2D eigenvalue weighted by Gasteiger charge is 2.50. The third-order valence-corrected chi connectivity index (χ3v) is 4.57. The van der Waals surface area contributed by atoms with E-state index in [1.54, 1.807) is 6.08 Å². The summed E-state index contributed by atoms with van der Waals surface area (Å²) in [6.45, 7) is 8.69. The maximum Gasteiger partial charge on any atom is 0.0923 e. The quantitative estimate of drug-likeness (QED) is 0.440. The van der Waals surface area contributed by atoms with Crippen LogP contribution in [-0.4, -0.2) is 35.1 Å². The molecular formula is C20H34O3. The monoisotopic (exact) mass is 322 g/mol. The summed E-state index contributed by atoms with van der Waals surface area (Å²) in [6.07, 6.45) is 12.7. The van der Waals surface area contributed by atoms with Crippen molar-refractivity contribution < 1.29 is 14.9 Å². The van der Waals surface area contributed by atoms with E-state index in [0.717, 1.165) is 44.1 Å². The number of ether oxygens (including phenoxy) is 1. The highest BCUT2D eigenvalue weighted by atomic mass is 16.6. The molecule has 1 rings (SSSR count). The van der Waals surface area contributed by atoms with Crippen molar-refractivity contribution in [2.24, 2.45) is 0 Å². The van der Waals surface area contributed by atoms with Gasteiger partial charge in [0.1, 0.15) is 0 Å². The van der Waals surface area contributed by atoms with E-state index >= 15 is 0 Å². The number of aliphatic hydroxyl groups excluding tert-OH is 2. The van der Waals surface area contributed by atoms with E-state index in [4.69, 9.17) is 9.84 Å². The molecule has 1 aliphatic rings. The molecule has 1 saturated heterocycles. The molecule has 0 bridgehead atoms. The molecule has 0 saturated carbocycles. The zero-order valence-electron chi connectivity index (χ0n) is 15.3. The zero-order chi connectivity index (χ0) is 17.3. The van der Waals surface area contributed by atoms with Gasteiger partial charge in [0.15, 0.2) is 0 Å². The molecule has 0 radical (unpaired) electrons. The highest BCUT2D eigenvalue weighted by molar-refractivity contribution is 5.08. The van der Waals surface area contributed by atoms with Gasteiger partial charge in [-0.2, -0.15) is 0 Å². The maximum absolute atomic E-state index is 9.20. The van der Waals surface area contributed by atoms with Gasteiger partial charge in [0.05, 0.1) is 24.9 Å². The minimum atomic E-state index is -0.00446. The summed E-state index contributed by atoms with van der Waals surface area (Å²) >= 11 is 0. The van der Waals surface area contributed by atoms with Crippen LogP contribution in [0.5, 0.6) is 0 Å². The summed E-state index contributed by atoms with van der Waals surface area (Å²) in [4.78, 5) is 0. The molecule has 23 heavy (non-hydrogen) atoms. The average Bonchev–Trinajstić information content (AvgIpc) is 3.13. The van der Waals surface area contributed by atoms with E-state index in [9.17, 15) is 5.11 Å². The summed E-state index contributed by atoms with van der Waals surface area (Å²) in [5.74, 6) is 0. The molecule has 2 N–H and O–H groups in total. The number of allylic oxidation sites excluding steroid dienone is 4. The van der Waals surface area contributed by atoms with Crippen LogP contribution < -0.4 is 0 Å². The summed E-state index contributed by atoms with van der Waals surface area (Å²) < 4.78 is 5.86. The molecule has 0 unspecified atom stereocenters. The van der Waals surface area contributed by atoms with Gasteiger partial charge in [0, 0.05) is 0 Å². The van der Waals surface area contributed by atoms with Gasteiger partial charge in [-0.3, -0.25) is 0 Å². The number of hydrogen-bond acceptors (Lipinski definition) is 3. The lowest BCUT2D eigenvalue weighted by Gasteiger charge is -2.06. The fourth-order valence-electron chi connectivity index (χ4n) is 2.86. The molecule has 2 atom stereocenters. The zero-order valence-corrected chi connectivity index (χ0v) is 15.3. The van der Waals surface area contributed by atoms with Crippen molar-refractivity contribution in [3.63, 3.8) is 0 Å². The molecule has 0 amide bonds. The van der Waals surface area contributed by atoms with Crippen LogP contribution in [0.1, 0.15) is 66.2 Å². The predicted molar refractivity (Wildman–Crippen MR) is 96.4 cm³/mol. The van der Waals surface area contributed by atoms with Crippen molar-refractivity contribution in [2.45, 2.75) is 77.9 Å². The molecular weight excluding hydrogens is 288 g/mol. The largest absolute Gasteiger partial charge is 0.392 e. The minimum Gasteiger partial charge on any atom is -0.392 e. The van der Waals surface area contributed by atoms with E-state index < -0.39 is 0 Å². The molecule has 0 aromatic carbocycles. The molecule has 1 aliphatic heterocycles. The second kappa shape index (κ2) is 10.1. The van der Waals surface area contributed by atoms with Crippen molar-refractivity contribution in [3.05, 3.63) is 34.9 Å². The minimum absolute atomic E-state index is 0.00350. The van der Waals surface area contributed by atoms with Crippen molar-refractivity contribution in [1.29, 1.82) is 0 Å². The Balaban J connectivity index is 2.25. The van der Waals surface area contributed by atoms with Crippen LogP contribution in [0.4, 0.5) is 0 Å². The van der Waals surface area contributed by atoms with Gasteiger partial charge in [0.2, 0.25) is 0 Å². The molecule has 0 aromatic heterocycles. The van der Waals surface area contributed by atoms with Gasteiger partial charge in [-0.15, -0.1) is 0 Å². The number of epoxide rings is 1. The van der Waals surface area contributed by atoms with E-state index in [-0.39, 0.29) is 24.9 Å². The van der Waals surface area contributed by atoms with Crippen LogP contribution in [0.3, 0.4) is 0 Å². The maximum atomic E-state index is 9.20. The smallest absolute Gasteiger partial charge is 0.0923 e. The Morgan fingerprint density at radius 2 is 1.78 bits per heavy atom. The van der Waals surface area contributed by atoms with Gasteiger partial charge >= 0.3 is 0 Å². The Kier molecular flexibility index (Phi) is 8.82. The number of hydrogen-bond donors (Lipinski definition) is 2. The first kappa shape index (κ1) is 20.1. The third kappa shape index (κ3) is 7.96. The Morgan fingerprint density at radius 3 is 2.39 bits per heavy atom. The first-order valence-corrected chi connectivity index (χ1v) is 8.77. The lowest BCUT2D eigenvalue weighted by Crippen LogP contribution is -2.10. The average molecular weight is 322 g/mol. The highest BCUT2D eigenvalue weighted by Crippen LogP contribution is 2.43. The van der Waals surface area contributed by atoms with E-state index in [1.165, 1.54) is 11.1 Å². The fraction of sp³-hybridized carbons (Fsp3) is 0.700. The van der Waals surface area contributed by atoms with E-state index in [0.29, 0.717) is 0 Å². The van der Waals surface area contributed by atoms with Gasteiger partial charge in [-0.25, -0.2) is 0 Å². The normalized spacial score (nSPS) is 24.7. The summed E-state index contributed by atoms with van der Waals surface area (Å²) in [5.41, 5.74) is 3.74. The lowest BCUT2D eigenvalue weighted by molar-refractivity contribution is 0.292. The number of rotatable bonds is 11. The second-order valence-electron chi connectivity index (χ2n) is 7.07. The predicted octanol–water partition coefficient (Wildman–Crippen LogP) is 4.31. The van der Waals surface area contributed by atoms with Crippen molar-refractivity contribution in [2.75, 3.05) is 13.2 Å². The molecule has 132 valence electrons. The van der Waals surface area contributed by atoms with E-state index in [1.807, 2.05) is 0 Å². The molecule has 0 aromatic rings. The lowest BCUT2D eigenvalue weighted by atomic mass is 9.96. The van der Waals surface area contributed by atoms with Crippen LogP contribution in [0, 0.1) is 0 Å². The first-order chi connectivity index (χ1) is 10.9. The molecule has 0 spiro atoms. The van der Waals surface area contributed by atoms with Crippen LogP contribution in [-0.2, 0) is 4.74 Å². The van der Waals surface area contributed by atoms with E-state index in [2.05, 4.69) is 39.8 Å². The van der Waals surface area contributed by atoms with Crippen LogP contribution in [0.2, 0.25) is 0 Å².